The van der Waals surface area contributed by atoms with Gasteiger partial charge in [-0.05, 0) is 67.5 Å². The monoisotopic (exact) mass is 427 g/mol. The number of likely N-dealkylation sites (tertiary alicyclic amines) is 1. The summed E-state index contributed by atoms with van der Waals surface area (Å²) in [6.07, 6.45) is 1.77. The number of ether oxygens (including phenoxy) is 3. The molecule has 0 N–H and O–H groups in total. The Morgan fingerprint density at radius 1 is 1.10 bits per heavy atom. The Balaban J connectivity index is 1.43. The first-order valence-electron chi connectivity index (χ1n) is 10.6. The molecule has 1 fully saturated rings. The largest absolute Gasteiger partial charge is 0.466 e. The van der Waals surface area contributed by atoms with Gasteiger partial charge in [-0.15, -0.1) is 0 Å². The lowest BCUT2D eigenvalue weighted by molar-refractivity contribution is -0.144. The van der Waals surface area contributed by atoms with Gasteiger partial charge in [-0.1, -0.05) is 12.1 Å². The van der Waals surface area contributed by atoms with Crippen molar-refractivity contribution in [2.75, 3.05) is 26.5 Å². The maximum absolute atomic E-state index is 13.4. The Bertz CT molecular complexity index is 937. The SMILES string of the molecule is CCOC(=O)CC(c1ccc(F)cc1)C1CCN(C(=O)c2ccc3c(c2)OCO3)CC1. The highest BCUT2D eigenvalue weighted by molar-refractivity contribution is 5.95. The topological polar surface area (TPSA) is 65.1 Å². The van der Waals surface area contributed by atoms with Crippen LogP contribution in [-0.4, -0.2) is 43.3 Å². The second-order valence-corrected chi connectivity index (χ2v) is 7.86. The molecule has 0 spiro atoms. The molecule has 0 bridgehead atoms. The average Bonchev–Trinajstić information content (AvgIpc) is 3.26. The van der Waals surface area contributed by atoms with Crippen LogP contribution in [0.25, 0.3) is 0 Å². The molecular weight excluding hydrogens is 401 g/mol. The van der Waals surface area contributed by atoms with Crippen LogP contribution in [0.1, 0.15) is 48.0 Å². The number of esters is 1. The highest BCUT2D eigenvalue weighted by Crippen LogP contribution is 2.37. The molecule has 2 aliphatic heterocycles. The Morgan fingerprint density at radius 3 is 2.52 bits per heavy atom. The molecule has 4 rings (SSSR count). The van der Waals surface area contributed by atoms with Crippen molar-refractivity contribution in [1.29, 1.82) is 0 Å². The Hall–Kier alpha value is -3.09. The van der Waals surface area contributed by atoms with E-state index >= 15 is 0 Å². The summed E-state index contributed by atoms with van der Waals surface area (Å²) in [7, 11) is 0. The molecule has 7 heteroatoms. The van der Waals surface area contributed by atoms with E-state index in [4.69, 9.17) is 14.2 Å². The van der Waals surface area contributed by atoms with E-state index in [1.165, 1.54) is 12.1 Å². The van der Waals surface area contributed by atoms with Crippen molar-refractivity contribution in [2.45, 2.75) is 32.1 Å². The number of fused-ring (bicyclic) bond motifs is 1. The van der Waals surface area contributed by atoms with E-state index < -0.39 is 0 Å². The van der Waals surface area contributed by atoms with E-state index in [9.17, 15) is 14.0 Å². The van der Waals surface area contributed by atoms with E-state index in [1.54, 1.807) is 37.3 Å². The molecule has 1 amide bonds. The van der Waals surface area contributed by atoms with Crippen molar-refractivity contribution in [3.05, 3.63) is 59.4 Å². The number of carbonyl (C=O) groups excluding carboxylic acids is 2. The summed E-state index contributed by atoms with van der Waals surface area (Å²) in [6, 6.07) is 11.6. The fourth-order valence-corrected chi connectivity index (χ4v) is 4.38. The molecule has 164 valence electrons. The van der Waals surface area contributed by atoms with Crippen molar-refractivity contribution in [3.8, 4) is 11.5 Å². The van der Waals surface area contributed by atoms with Crippen LogP contribution in [0.5, 0.6) is 11.5 Å². The van der Waals surface area contributed by atoms with Gasteiger partial charge in [0.15, 0.2) is 11.5 Å². The van der Waals surface area contributed by atoms with E-state index in [0.717, 1.165) is 18.4 Å². The smallest absolute Gasteiger partial charge is 0.306 e. The predicted octanol–water partition coefficient (Wildman–Crippen LogP) is 4.14. The number of hydrogen-bond donors (Lipinski definition) is 0. The number of amides is 1. The molecule has 6 nitrogen and oxygen atoms in total. The predicted molar refractivity (Wildman–Crippen MR) is 112 cm³/mol. The van der Waals surface area contributed by atoms with Gasteiger partial charge in [-0.25, -0.2) is 4.39 Å². The van der Waals surface area contributed by atoms with Crippen LogP contribution in [-0.2, 0) is 9.53 Å². The van der Waals surface area contributed by atoms with Crippen molar-refractivity contribution < 1.29 is 28.2 Å². The summed E-state index contributed by atoms with van der Waals surface area (Å²) in [6.45, 7) is 3.48. The molecule has 2 heterocycles. The number of carbonyl (C=O) groups is 2. The summed E-state index contributed by atoms with van der Waals surface area (Å²) >= 11 is 0. The summed E-state index contributed by atoms with van der Waals surface area (Å²) < 4.78 is 29.3. The lowest BCUT2D eigenvalue weighted by Gasteiger charge is -2.36. The summed E-state index contributed by atoms with van der Waals surface area (Å²) in [5, 5.41) is 0. The first-order valence-corrected chi connectivity index (χ1v) is 10.6. The van der Waals surface area contributed by atoms with Crippen molar-refractivity contribution in [1.82, 2.24) is 4.90 Å². The molecule has 2 aromatic rings. The fraction of sp³-hybridized carbons (Fsp3) is 0.417. The number of rotatable bonds is 6. The van der Waals surface area contributed by atoms with Gasteiger partial charge in [0.25, 0.3) is 5.91 Å². The summed E-state index contributed by atoms with van der Waals surface area (Å²) in [4.78, 5) is 27.0. The minimum Gasteiger partial charge on any atom is -0.466 e. The highest BCUT2D eigenvalue weighted by atomic mass is 19.1. The van der Waals surface area contributed by atoms with Gasteiger partial charge < -0.3 is 19.1 Å². The minimum atomic E-state index is -0.303. The van der Waals surface area contributed by atoms with Gasteiger partial charge in [0.1, 0.15) is 5.82 Å². The molecule has 2 aromatic carbocycles. The molecule has 2 aliphatic rings. The van der Waals surface area contributed by atoms with Gasteiger partial charge in [-0.2, -0.15) is 0 Å². The zero-order valence-corrected chi connectivity index (χ0v) is 17.5. The van der Waals surface area contributed by atoms with E-state index in [0.29, 0.717) is 36.8 Å². The molecule has 0 aliphatic carbocycles. The molecule has 0 aromatic heterocycles. The zero-order chi connectivity index (χ0) is 21.8. The van der Waals surface area contributed by atoms with Crippen LogP contribution < -0.4 is 9.47 Å². The second-order valence-electron chi connectivity index (χ2n) is 7.86. The van der Waals surface area contributed by atoms with Gasteiger partial charge in [0.05, 0.1) is 13.0 Å². The Kier molecular flexibility index (Phi) is 6.39. The first-order chi connectivity index (χ1) is 15.0. The summed E-state index contributed by atoms with van der Waals surface area (Å²) in [5.41, 5.74) is 1.50. The molecule has 0 saturated carbocycles. The van der Waals surface area contributed by atoms with E-state index in [1.807, 2.05) is 4.90 Å². The Morgan fingerprint density at radius 2 is 1.81 bits per heavy atom. The molecule has 1 atom stereocenters. The quantitative estimate of drug-likeness (QED) is 0.649. The number of hydrogen-bond acceptors (Lipinski definition) is 5. The Labute approximate surface area is 180 Å². The molecular formula is C24H26FNO5. The standard InChI is InChI=1S/C24H26FNO5/c1-2-29-23(27)14-20(16-3-6-19(25)7-4-16)17-9-11-26(12-10-17)24(28)18-5-8-21-22(13-18)31-15-30-21/h3-8,13,17,20H,2,9-12,14-15H2,1H3. The van der Waals surface area contributed by atoms with Gasteiger partial charge in [0, 0.05) is 18.7 Å². The molecule has 0 radical (unpaired) electrons. The van der Waals surface area contributed by atoms with E-state index in [2.05, 4.69) is 0 Å². The van der Waals surface area contributed by atoms with Crippen LogP contribution in [0, 0.1) is 11.7 Å². The van der Waals surface area contributed by atoms with Crippen molar-refractivity contribution in [2.24, 2.45) is 5.92 Å². The highest BCUT2D eigenvalue weighted by Gasteiger charge is 2.32. The zero-order valence-electron chi connectivity index (χ0n) is 17.5. The lowest BCUT2D eigenvalue weighted by atomic mass is 9.78. The maximum atomic E-state index is 13.4. The lowest BCUT2D eigenvalue weighted by Crippen LogP contribution is -2.40. The third kappa shape index (κ3) is 4.81. The van der Waals surface area contributed by atoms with Gasteiger partial charge in [-0.3, -0.25) is 9.59 Å². The number of piperidine rings is 1. The number of benzene rings is 2. The first kappa shape index (κ1) is 21.2. The van der Waals surface area contributed by atoms with E-state index in [-0.39, 0.29) is 42.7 Å². The third-order valence-electron chi connectivity index (χ3n) is 6.01. The van der Waals surface area contributed by atoms with Crippen molar-refractivity contribution in [3.63, 3.8) is 0 Å². The second kappa shape index (κ2) is 9.37. The van der Waals surface area contributed by atoms with Gasteiger partial charge >= 0.3 is 5.97 Å². The van der Waals surface area contributed by atoms with Crippen LogP contribution >= 0.6 is 0 Å². The van der Waals surface area contributed by atoms with Crippen LogP contribution in [0.3, 0.4) is 0 Å². The number of nitrogens with zero attached hydrogens (tertiary/aromatic N) is 1. The van der Waals surface area contributed by atoms with Gasteiger partial charge in [0.2, 0.25) is 6.79 Å². The molecule has 1 unspecified atom stereocenters. The van der Waals surface area contributed by atoms with Crippen LogP contribution in [0.15, 0.2) is 42.5 Å². The maximum Gasteiger partial charge on any atom is 0.306 e. The average molecular weight is 427 g/mol. The minimum absolute atomic E-state index is 0.0412. The normalized spacial score (nSPS) is 16.8. The van der Waals surface area contributed by atoms with Crippen LogP contribution in [0.4, 0.5) is 4.39 Å². The summed E-state index contributed by atoms with van der Waals surface area (Å²) in [5.74, 6) is 0.778. The van der Waals surface area contributed by atoms with Crippen LogP contribution in [0.2, 0.25) is 0 Å². The fourth-order valence-electron chi connectivity index (χ4n) is 4.38. The third-order valence-corrected chi connectivity index (χ3v) is 6.01. The van der Waals surface area contributed by atoms with Crippen molar-refractivity contribution >= 4 is 11.9 Å². The number of halogens is 1. The molecule has 1 saturated heterocycles. The molecule has 31 heavy (non-hydrogen) atoms.